The second kappa shape index (κ2) is 9.37. The molecular formula is C22H24N2O3S. The molecule has 0 aliphatic heterocycles. The maximum absolute atomic E-state index is 12.4. The van der Waals surface area contributed by atoms with E-state index in [0.29, 0.717) is 36.1 Å². The predicted molar refractivity (Wildman–Crippen MR) is 113 cm³/mol. The van der Waals surface area contributed by atoms with Crippen molar-refractivity contribution in [1.29, 1.82) is 0 Å². The monoisotopic (exact) mass is 396 g/mol. The summed E-state index contributed by atoms with van der Waals surface area (Å²) in [6.45, 7) is 4.53. The Morgan fingerprint density at radius 3 is 2.64 bits per heavy atom. The molecule has 0 bridgehead atoms. The van der Waals surface area contributed by atoms with Gasteiger partial charge in [-0.15, -0.1) is 11.3 Å². The second-order valence-corrected chi connectivity index (χ2v) is 7.46. The number of carbonyl (C=O) groups excluding carboxylic acids is 1. The highest BCUT2D eigenvalue weighted by molar-refractivity contribution is 7.16. The van der Waals surface area contributed by atoms with Crippen molar-refractivity contribution < 1.29 is 14.3 Å². The molecule has 6 heteroatoms. The summed E-state index contributed by atoms with van der Waals surface area (Å²) in [6.07, 6.45) is 0.987. The number of anilines is 1. The minimum absolute atomic E-state index is 0.0544. The number of nitrogens with zero attached hydrogens (tertiary/aromatic N) is 1. The van der Waals surface area contributed by atoms with E-state index >= 15 is 0 Å². The number of amides is 1. The van der Waals surface area contributed by atoms with Crippen LogP contribution in [0.15, 0.2) is 48.5 Å². The van der Waals surface area contributed by atoms with Gasteiger partial charge in [0.1, 0.15) is 0 Å². The number of aryl methyl sites for hydroxylation is 2. The Bertz CT molecular complexity index is 938. The van der Waals surface area contributed by atoms with E-state index in [1.807, 2.05) is 62.4 Å². The molecule has 0 aliphatic rings. The zero-order valence-electron chi connectivity index (χ0n) is 16.3. The first-order valence-electron chi connectivity index (χ1n) is 9.23. The molecule has 0 aliphatic carbocycles. The molecule has 0 atom stereocenters. The van der Waals surface area contributed by atoms with Gasteiger partial charge in [0.15, 0.2) is 16.6 Å². The van der Waals surface area contributed by atoms with E-state index in [4.69, 9.17) is 9.47 Å². The first-order valence-corrected chi connectivity index (χ1v) is 10.0. The number of hydrogen-bond donors (Lipinski definition) is 1. The predicted octanol–water partition coefficient (Wildman–Crippen LogP) is 5.10. The van der Waals surface area contributed by atoms with Crippen LogP contribution in [0.3, 0.4) is 0 Å². The SMILES string of the molecule is CCOc1ccc(CCC(=O)Nc2nc(-c3ccccc3)c(C)s2)cc1OC. The minimum atomic E-state index is -0.0544. The standard InChI is InChI=1S/C22H24N2O3S/c1-4-27-18-12-10-16(14-19(18)26-3)11-13-20(25)23-22-24-21(15(2)28-22)17-8-6-5-7-9-17/h5-10,12,14H,4,11,13H2,1-3H3,(H,23,24,25). The second-order valence-electron chi connectivity index (χ2n) is 6.26. The van der Waals surface area contributed by atoms with Crippen molar-refractivity contribution in [2.45, 2.75) is 26.7 Å². The van der Waals surface area contributed by atoms with Crippen LogP contribution in [0.2, 0.25) is 0 Å². The molecule has 0 saturated carbocycles. The van der Waals surface area contributed by atoms with Crippen LogP contribution in [-0.2, 0) is 11.2 Å². The highest BCUT2D eigenvalue weighted by atomic mass is 32.1. The third-order valence-corrected chi connectivity index (χ3v) is 5.15. The fourth-order valence-corrected chi connectivity index (χ4v) is 3.75. The van der Waals surface area contributed by atoms with E-state index in [-0.39, 0.29) is 5.91 Å². The van der Waals surface area contributed by atoms with Gasteiger partial charge in [0, 0.05) is 16.9 Å². The molecule has 0 fully saturated rings. The number of benzene rings is 2. The summed E-state index contributed by atoms with van der Waals surface area (Å²) in [5.74, 6) is 1.34. The molecular weight excluding hydrogens is 372 g/mol. The number of ether oxygens (including phenoxy) is 2. The van der Waals surface area contributed by atoms with E-state index in [1.54, 1.807) is 7.11 Å². The number of aromatic nitrogens is 1. The van der Waals surface area contributed by atoms with Gasteiger partial charge >= 0.3 is 0 Å². The van der Waals surface area contributed by atoms with Gasteiger partial charge in [0.25, 0.3) is 0 Å². The first kappa shape index (κ1) is 19.9. The summed E-state index contributed by atoms with van der Waals surface area (Å²) in [4.78, 5) is 18.0. The Hall–Kier alpha value is -2.86. The fourth-order valence-electron chi connectivity index (χ4n) is 2.90. The lowest BCUT2D eigenvalue weighted by Crippen LogP contribution is -2.12. The molecule has 0 radical (unpaired) electrons. The van der Waals surface area contributed by atoms with Crippen LogP contribution in [0.25, 0.3) is 11.3 Å². The molecule has 2 aromatic carbocycles. The third kappa shape index (κ3) is 4.89. The molecule has 146 valence electrons. The Morgan fingerprint density at radius 2 is 1.93 bits per heavy atom. The maximum atomic E-state index is 12.4. The Balaban J connectivity index is 1.61. The summed E-state index contributed by atoms with van der Waals surface area (Å²) < 4.78 is 10.9. The number of nitrogens with one attached hydrogen (secondary N) is 1. The zero-order chi connectivity index (χ0) is 19.9. The quantitative estimate of drug-likeness (QED) is 0.576. The number of rotatable bonds is 8. The van der Waals surface area contributed by atoms with Gasteiger partial charge < -0.3 is 14.8 Å². The summed E-state index contributed by atoms with van der Waals surface area (Å²) in [6, 6.07) is 15.7. The maximum Gasteiger partial charge on any atom is 0.226 e. The lowest BCUT2D eigenvalue weighted by atomic mass is 10.1. The van der Waals surface area contributed by atoms with Crippen molar-refractivity contribution in [3.05, 3.63) is 59.0 Å². The van der Waals surface area contributed by atoms with Gasteiger partial charge in [0.05, 0.1) is 19.4 Å². The van der Waals surface area contributed by atoms with Crippen LogP contribution in [-0.4, -0.2) is 24.6 Å². The lowest BCUT2D eigenvalue weighted by molar-refractivity contribution is -0.116. The molecule has 5 nitrogen and oxygen atoms in total. The molecule has 3 aromatic rings. The van der Waals surface area contributed by atoms with Gasteiger partial charge in [-0.25, -0.2) is 4.98 Å². The van der Waals surface area contributed by atoms with Crippen LogP contribution >= 0.6 is 11.3 Å². The number of carbonyl (C=O) groups is 1. The number of hydrogen-bond acceptors (Lipinski definition) is 5. The number of thiazole rings is 1. The van der Waals surface area contributed by atoms with Gasteiger partial charge in [-0.2, -0.15) is 0 Å². The smallest absolute Gasteiger partial charge is 0.226 e. The molecule has 1 heterocycles. The van der Waals surface area contributed by atoms with E-state index < -0.39 is 0 Å². The summed E-state index contributed by atoms with van der Waals surface area (Å²) in [5.41, 5.74) is 2.99. The van der Waals surface area contributed by atoms with E-state index in [9.17, 15) is 4.79 Å². The van der Waals surface area contributed by atoms with Crippen molar-refractivity contribution in [2.75, 3.05) is 19.0 Å². The van der Waals surface area contributed by atoms with Crippen molar-refractivity contribution in [1.82, 2.24) is 4.98 Å². The van der Waals surface area contributed by atoms with E-state index in [2.05, 4.69) is 10.3 Å². The molecule has 0 spiro atoms. The van der Waals surface area contributed by atoms with Crippen LogP contribution in [0, 0.1) is 6.92 Å². The summed E-state index contributed by atoms with van der Waals surface area (Å²) >= 11 is 1.49. The Kier molecular flexibility index (Phi) is 6.66. The van der Waals surface area contributed by atoms with Gasteiger partial charge in [-0.05, 0) is 38.0 Å². The molecule has 1 aromatic heterocycles. The minimum Gasteiger partial charge on any atom is -0.493 e. The largest absolute Gasteiger partial charge is 0.493 e. The van der Waals surface area contributed by atoms with Crippen LogP contribution in [0.1, 0.15) is 23.8 Å². The van der Waals surface area contributed by atoms with E-state index in [0.717, 1.165) is 21.7 Å². The lowest BCUT2D eigenvalue weighted by Gasteiger charge is -2.10. The molecule has 0 saturated heterocycles. The van der Waals surface area contributed by atoms with E-state index in [1.165, 1.54) is 11.3 Å². The third-order valence-electron chi connectivity index (χ3n) is 4.26. The average molecular weight is 397 g/mol. The highest BCUT2D eigenvalue weighted by Gasteiger charge is 2.12. The first-order chi connectivity index (χ1) is 13.6. The van der Waals surface area contributed by atoms with Gasteiger partial charge in [-0.3, -0.25) is 4.79 Å². The molecule has 28 heavy (non-hydrogen) atoms. The summed E-state index contributed by atoms with van der Waals surface area (Å²) in [7, 11) is 1.61. The van der Waals surface area contributed by atoms with Crippen molar-refractivity contribution in [2.24, 2.45) is 0 Å². The molecule has 0 unspecified atom stereocenters. The molecule has 3 rings (SSSR count). The van der Waals surface area contributed by atoms with Crippen molar-refractivity contribution in [3.8, 4) is 22.8 Å². The summed E-state index contributed by atoms with van der Waals surface area (Å²) in [5, 5.41) is 3.55. The zero-order valence-corrected chi connectivity index (χ0v) is 17.1. The van der Waals surface area contributed by atoms with Gasteiger partial charge in [-0.1, -0.05) is 36.4 Å². The normalized spacial score (nSPS) is 10.5. The topological polar surface area (TPSA) is 60.5 Å². The van der Waals surface area contributed by atoms with Crippen LogP contribution in [0.4, 0.5) is 5.13 Å². The van der Waals surface area contributed by atoms with Gasteiger partial charge in [0.2, 0.25) is 5.91 Å². The van der Waals surface area contributed by atoms with Crippen LogP contribution in [0.5, 0.6) is 11.5 Å². The average Bonchev–Trinajstić information content (AvgIpc) is 3.08. The fraction of sp³-hybridized carbons (Fsp3) is 0.273. The number of methoxy groups -OCH3 is 1. The van der Waals surface area contributed by atoms with Crippen LogP contribution < -0.4 is 14.8 Å². The van der Waals surface area contributed by atoms with Crippen molar-refractivity contribution in [3.63, 3.8) is 0 Å². The van der Waals surface area contributed by atoms with Crippen molar-refractivity contribution >= 4 is 22.4 Å². The highest BCUT2D eigenvalue weighted by Crippen LogP contribution is 2.31. The Labute approximate surface area is 169 Å². The Morgan fingerprint density at radius 1 is 1.14 bits per heavy atom. The molecule has 1 amide bonds. The molecule has 1 N–H and O–H groups in total.